The molecule has 1 saturated heterocycles. The first-order valence-electron chi connectivity index (χ1n) is 4.33. The summed E-state index contributed by atoms with van der Waals surface area (Å²) in [5, 5.41) is 0. The fourth-order valence-corrected chi connectivity index (χ4v) is 2.64. The Morgan fingerprint density at radius 3 is 2.70 bits per heavy atom. The van der Waals surface area contributed by atoms with E-state index in [0.29, 0.717) is 0 Å². The molecular weight excluding hydrogens is 122 g/mol. The first kappa shape index (κ1) is 6.66. The van der Waals surface area contributed by atoms with Gasteiger partial charge in [-0.25, -0.2) is 0 Å². The highest BCUT2D eigenvalue weighted by atomic mass is 15.4. The number of likely N-dealkylation sites (tertiary alicyclic amines) is 1. The molecule has 2 aliphatic rings. The summed E-state index contributed by atoms with van der Waals surface area (Å²) in [7, 11) is 4.76. The van der Waals surface area contributed by atoms with E-state index in [2.05, 4.69) is 20.5 Å². The van der Waals surface area contributed by atoms with Crippen LogP contribution in [0.25, 0.3) is 0 Å². The Hall–Kier alpha value is -0.0400. The summed E-state index contributed by atoms with van der Waals surface area (Å²) in [5.74, 6) is 1.02. The standard InChI is InChI=1S/C9H17N/c1-10(2)7-8-4-3-5-9(10)6-8/h3,8-9H,4-7H2,1-2H3/q+1. The minimum absolute atomic E-state index is 0.957. The fourth-order valence-electron chi connectivity index (χ4n) is 2.64. The number of hydrogen-bond donors (Lipinski definition) is 0. The van der Waals surface area contributed by atoms with Crippen LogP contribution in [-0.4, -0.2) is 31.2 Å². The number of hydrogen-bond acceptors (Lipinski definition) is 0. The zero-order valence-corrected chi connectivity index (χ0v) is 7.01. The summed E-state index contributed by atoms with van der Waals surface area (Å²) in [4.78, 5) is 0. The fraction of sp³-hybridized carbons (Fsp3) is 0.889. The van der Waals surface area contributed by atoms with Crippen LogP contribution in [0.5, 0.6) is 0 Å². The molecule has 1 aliphatic carbocycles. The van der Waals surface area contributed by atoms with Gasteiger partial charge in [0.25, 0.3) is 0 Å². The van der Waals surface area contributed by atoms with E-state index in [4.69, 9.17) is 0 Å². The Balaban J connectivity index is 2.15. The largest absolute Gasteiger partial charge is 0.326 e. The molecule has 2 fully saturated rings. The molecule has 1 saturated carbocycles. The maximum absolute atomic E-state index is 2.49. The van der Waals surface area contributed by atoms with Gasteiger partial charge < -0.3 is 4.48 Å². The smallest absolute Gasteiger partial charge is 0.0893 e. The number of rotatable bonds is 0. The lowest BCUT2D eigenvalue weighted by Crippen LogP contribution is -2.43. The second-order valence-electron chi connectivity index (χ2n) is 4.48. The molecule has 0 amide bonds. The number of fused-ring (bicyclic) bond motifs is 2. The molecule has 57 valence electrons. The Labute approximate surface area is 63.6 Å². The van der Waals surface area contributed by atoms with Crippen LogP contribution in [0.2, 0.25) is 0 Å². The average Bonchev–Trinajstić information content (AvgIpc) is 2.04. The molecular formula is C9H17N+. The summed E-state index contributed by atoms with van der Waals surface area (Å²) >= 11 is 0. The minimum atomic E-state index is 0.957. The van der Waals surface area contributed by atoms with E-state index in [0.717, 1.165) is 12.0 Å². The molecule has 1 aliphatic heterocycles. The molecule has 0 aromatic rings. The van der Waals surface area contributed by atoms with Crippen molar-refractivity contribution >= 4 is 0 Å². The van der Waals surface area contributed by atoms with E-state index in [9.17, 15) is 0 Å². The Kier molecular flexibility index (Phi) is 1.31. The van der Waals surface area contributed by atoms with Crippen molar-refractivity contribution in [2.75, 3.05) is 20.6 Å². The van der Waals surface area contributed by atoms with Crippen molar-refractivity contribution < 1.29 is 4.48 Å². The van der Waals surface area contributed by atoms with Crippen LogP contribution in [0.4, 0.5) is 0 Å². The monoisotopic (exact) mass is 139 g/mol. The number of nitrogens with zero attached hydrogens (tertiary/aromatic N) is 1. The molecule has 0 N–H and O–H groups in total. The predicted molar refractivity (Wildman–Crippen MR) is 42.4 cm³/mol. The SMILES string of the molecule is C[N+]1(C)CC2C[CH]CC1C2. The molecule has 1 radical (unpaired) electrons. The van der Waals surface area contributed by atoms with Gasteiger partial charge >= 0.3 is 0 Å². The molecule has 0 aromatic heterocycles. The maximum Gasteiger partial charge on any atom is 0.0893 e. The molecule has 0 aromatic carbocycles. The first-order chi connectivity index (χ1) is 4.68. The summed E-state index contributed by atoms with van der Waals surface area (Å²) in [6.45, 7) is 1.42. The van der Waals surface area contributed by atoms with Gasteiger partial charge in [0.15, 0.2) is 0 Å². The highest BCUT2D eigenvalue weighted by Crippen LogP contribution is 2.37. The summed E-state index contributed by atoms with van der Waals surface area (Å²) < 4.78 is 1.28. The molecule has 1 nitrogen and oxygen atoms in total. The van der Waals surface area contributed by atoms with Gasteiger partial charge in [0.1, 0.15) is 0 Å². The van der Waals surface area contributed by atoms with Crippen molar-refractivity contribution in [1.82, 2.24) is 0 Å². The van der Waals surface area contributed by atoms with Crippen molar-refractivity contribution in [3.05, 3.63) is 6.42 Å². The maximum atomic E-state index is 2.49. The van der Waals surface area contributed by atoms with E-state index < -0.39 is 0 Å². The third-order valence-corrected chi connectivity index (χ3v) is 3.26. The van der Waals surface area contributed by atoms with Crippen LogP contribution in [0.3, 0.4) is 0 Å². The summed E-state index contributed by atoms with van der Waals surface area (Å²) in [6, 6.07) is 0.957. The van der Waals surface area contributed by atoms with Gasteiger partial charge in [0, 0.05) is 18.8 Å². The number of quaternary nitrogens is 1. The van der Waals surface area contributed by atoms with Crippen LogP contribution in [0.15, 0.2) is 0 Å². The van der Waals surface area contributed by atoms with Crippen molar-refractivity contribution in [3.63, 3.8) is 0 Å². The topological polar surface area (TPSA) is 0 Å². The molecule has 10 heavy (non-hydrogen) atoms. The van der Waals surface area contributed by atoms with Gasteiger partial charge in [0.2, 0.25) is 0 Å². The van der Waals surface area contributed by atoms with E-state index >= 15 is 0 Å². The van der Waals surface area contributed by atoms with Crippen molar-refractivity contribution in [1.29, 1.82) is 0 Å². The molecule has 2 unspecified atom stereocenters. The predicted octanol–water partition coefficient (Wildman–Crippen LogP) is 1.45. The van der Waals surface area contributed by atoms with Gasteiger partial charge in [-0.05, 0) is 12.8 Å². The lowest BCUT2D eigenvalue weighted by molar-refractivity contribution is -0.902. The van der Waals surface area contributed by atoms with Crippen LogP contribution < -0.4 is 0 Å². The van der Waals surface area contributed by atoms with Gasteiger partial charge in [-0.1, -0.05) is 0 Å². The van der Waals surface area contributed by atoms with Crippen LogP contribution in [0.1, 0.15) is 19.3 Å². The molecule has 2 bridgehead atoms. The summed E-state index contributed by atoms with van der Waals surface area (Å²) in [5.41, 5.74) is 0. The highest BCUT2D eigenvalue weighted by molar-refractivity contribution is 4.88. The van der Waals surface area contributed by atoms with E-state index in [1.165, 1.54) is 30.3 Å². The second kappa shape index (κ2) is 1.97. The van der Waals surface area contributed by atoms with E-state index in [1.807, 2.05) is 0 Å². The van der Waals surface area contributed by atoms with Gasteiger partial charge in [0.05, 0.1) is 26.7 Å². The zero-order valence-electron chi connectivity index (χ0n) is 7.01. The van der Waals surface area contributed by atoms with E-state index in [1.54, 1.807) is 0 Å². The second-order valence-corrected chi connectivity index (χ2v) is 4.48. The van der Waals surface area contributed by atoms with Crippen LogP contribution in [0, 0.1) is 12.3 Å². The average molecular weight is 139 g/mol. The molecule has 1 heterocycles. The highest BCUT2D eigenvalue weighted by Gasteiger charge is 2.42. The van der Waals surface area contributed by atoms with E-state index in [-0.39, 0.29) is 0 Å². The van der Waals surface area contributed by atoms with Crippen molar-refractivity contribution in [2.45, 2.75) is 25.3 Å². The normalized spacial score (nSPS) is 43.8. The van der Waals surface area contributed by atoms with Crippen molar-refractivity contribution in [2.24, 2.45) is 5.92 Å². The van der Waals surface area contributed by atoms with Crippen LogP contribution in [-0.2, 0) is 0 Å². The Morgan fingerprint density at radius 1 is 1.30 bits per heavy atom. The lowest BCUT2D eigenvalue weighted by atomic mass is 9.90. The van der Waals surface area contributed by atoms with Crippen molar-refractivity contribution in [3.8, 4) is 0 Å². The minimum Gasteiger partial charge on any atom is -0.326 e. The quantitative estimate of drug-likeness (QED) is 0.446. The lowest BCUT2D eigenvalue weighted by Gasteiger charge is -2.30. The van der Waals surface area contributed by atoms with Gasteiger partial charge in [-0.3, -0.25) is 0 Å². The van der Waals surface area contributed by atoms with Crippen LogP contribution >= 0.6 is 0 Å². The molecule has 0 spiro atoms. The zero-order chi connectivity index (χ0) is 7.19. The first-order valence-corrected chi connectivity index (χ1v) is 4.33. The third kappa shape index (κ3) is 0.878. The molecule has 2 rings (SSSR count). The van der Waals surface area contributed by atoms with Gasteiger partial charge in [-0.2, -0.15) is 0 Å². The summed E-state index contributed by atoms with van der Waals surface area (Å²) in [6.07, 6.45) is 6.73. The molecule has 2 atom stereocenters. The Morgan fingerprint density at radius 2 is 2.10 bits per heavy atom. The molecule has 1 heteroatoms. The Bertz CT molecular complexity index is 140. The third-order valence-electron chi connectivity index (χ3n) is 3.26. The van der Waals surface area contributed by atoms with Gasteiger partial charge in [-0.15, -0.1) is 0 Å².